The monoisotopic (exact) mass is 375 g/mol. The Balaban J connectivity index is 1.30. The molecule has 0 aliphatic carbocycles. The van der Waals surface area contributed by atoms with Crippen molar-refractivity contribution in [3.63, 3.8) is 0 Å². The number of aromatic nitrogens is 2. The number of aryl methyl sites for hydroxylation is 2. The van der Waals surface area contributed by atoms with E-state index >= 15 is 0 Å². The van der Waals surface area contributed by atoms with Crippen LogP contribution in [-0.4, -0.2) is 32.6 Å². The van der Waals surface area contributed by atoms with Gasteiger partial charge in [0.2, 0.25) is 5.91 Å². The summed E-state index contributed by atoms with van der Waals surface area (Å²) in [6, 6.07) is 10.5. The maximum atomic E-state index is 12.6. The van der Waals surface area contributed by atoms with E-state index in [1.54, 1.807) is 0 Å². The molecule has 0 saturated carbocycles. The second-order valence-corrected chi connectivity index (χ2v) is 7.52. The van der Waals surface area contributed by atoms with Gasteiger partial charge in [0.1, 0.15) is 0 Å². The van der Waals surface area contributed by atoms with Gasteiger partial charge in [-0.1, -0.05) is 30.3 Å². The third-order valence-corrected chi connectivity index (χ3v) is 5.62. The fourth-order valence-electron chi connectivity index (χ4n) is 3.80. The zero-order chi connectivity index (χ0) is 19.4. The Bertz CT molecular complexity index is 903. The summed E-state index contributed by atoms with van der Waals surface area (Å²) in [5, 5.41) is 8.23. The highest BCUT2D eigenvalue weighted by atomic mass is 16.2. The molecule has 4 rings (SSSR count). The van der Waals surface area contributed by atoms with Crippen LogP contribution in [0.4, 0.5) is 0 Å². The van der Waals surface area contributed by atoms with Crippen LogP contribution in [0.1, 0.15) is 42.6 Å². The lowest BCUT2D eigenvalue weighted by Crippen LogP contribution is -2.37. The van der Waals surface area contributed by atoms with Gasteiger partial charge in [-0.15, -0.1) is 12.3 Å². The minimum Gasteiger partial charge on any atom is -0.336 e. The van der Waals surface area contributed by atoms with E-state index in [0.29, 0.717) is 25.8 Å². The van der Waals surface area contributed by atoms with Crippen molar-refractivity contribution >= 4 is 5.91 Å². The standard InChI is InChI=1S/C22H25N5O/c1-2-3-12-22(24-25-22)13-9-21(28)26-15-11-20-19(16-26)23-17-27(20)14-10-18-7-5-4-6-8-18/h1,4-8,17H,3,9-16H2. The van der Waals surface area contributed by atoms with Gasteiger partial charge in [-0.2, -0.15) is 10.2 Å². The molecule has 0 spiro atoms. The zero-order valence-corrected chi connectivity index (χ0v) is 16.0. The first-order chi connectivity index (χ1) is 13.7. The van der Waals surface area contributed by atoms with Crippen molar-refractivity contribution in [1.82, 2.24) is 14.5 Å². The Morgan fingerprint density at radius 1 is 1.21 bits per heavy atom. The summed E-state index contributed by atoms with van der Waals surface area (Å²) in [4.78, 5) is 19.1. The van der Waals surface area contributed by atoms with Crippen LogP contribution < -0.4 is 0 Å². The van der Waals surface area contributed by atoms with E-state index in [1.807, 2.05) is 17.3 Å². The van der Waals surface area contributed by atoms with Crippen LogP contribution >= 0.6 is 0 Å². The van der Waals surface area contributed by atoms with E-state index in [-0.39, 0.29) is 11.6 Å². The van der Waals surface area contributed by atoms with Crippen molar-refractivity contribution in [3.05, 3.63) is 53.6 Å². The van der Waals surface area contributed by atoms with E-state index in [4.69, 9.17) is 6.42 Å². The molecule has 0 fully saturated rings. The molecule has 0 saturated heterocycles. The first-order valence-corrected chi connectivity index (χ1v) is 9.91. The average Bonchev–Trinajstić information content (AvgIpc) is 3.40. The second-order valence-electron chi connectivity index (χ2n) is 7.52. The van der Waals surface area contributed by atoms with Crippen LogP contribution in [0.15, 0.2) is 46.9 Å². The van der Waals surface area contributed by atoms with Gasteiger partial charge in [-0.05, 0) is 12.0 Å². The summed E-state index contributed by atoms with van der Waals surface area (Å²) in [6.45, 7) is 2.26. The third kappa shape index (κ3) is 4.14. The van der Waals surface area contributed by atoms with Gasteiger partial charge in [0.05, 0.1) is 18.6 Å². The number of carbonyl (C=O) groups is 1. The molecule has 144 valence electrons. The molecule has 1 aromatic carbocycles. The predicted octanol–water partition coefficient (Wildman–Crippen LogP) is 3.37. The first kappa shape index (κ1) is 18.4. The van der Waals surface area contributed by atoms with Gasteiger partial charge in [-0.3, -0.25) is 4.79 Å². The molecule has 0 unspecified atom stereocenters. The minimum atomic E-state index is -0.387. The van der Waals surface area contributed by atoms with E-state index in [9.17, 15) is 4.79 Å². The van der Waals surface area contributed by atoms with E-state index in [2.05, 4.69) is 50.0 Å². The lowest BCUT2D eigenvalue weighted by molar-refractivity contribution is -0.132. The summed E-state index contributed by atoms with van der Waals surface area (Å²) >= 11 is 0. The summed E-state index contributed by atoms with van der Waals surface area (Å²) in [5.41, 5.74) is 3.22. The smallest absolute Gasteiger partial charge is 0.223 e. The second kappa shape index (κ2) is 7.97. The normalized spacial score (nSPS) is 16.5. The van der Waals surface area contributed by atoms with E-state index in [0.717, 1.165) is 38.0 Å². The molecule has 0 radical (unpaired) electrons. The van der Waals surface area contributed by atoms with Crippen LogP contribution in [-0.2, 0) is 30.7 Å². The van der Waals surface area contributed by atoms with Gasteiger partial charge >= 0.3 is 0 Å². The van der Waals surface area contributed by atoms with Gasteiger partial charge in [-0.25, -0.2) is 4.98 Å². The number of hydrogen-bond donors (Lipinski definition) is 0. The maximum Gasteiger partial charge on any atom is 0.223 e. The number of benzene rings is 1. The Morgan fingerprint density at radius 2 is 2.04 bits per heavy atom. The topological polar surface area (TPSA) is 62.9 Å². The lowest BCUT2D eigenvalue weighted by Gasteiger charge is -2.27. The largest absolute Gasteiger partial charge is 0.336 e. The lowest BCUT2D eigenvalue weighted by atomic mass is 10.0. The molecule has 1 amide bonds. The molecule has 0 N–H and O–H groups in total. The number of nitrogens with zero attached hydrogens (tertiary/aromatic N) is 5. The fraction of sp³-hybridized carbons (Fsp3) is 0.455. The highest BCUT2D eigenvalue weighted by Gasteiger charge is 2.39. The van der Waals surface area contributed by atoms with E-state index in [1.165, 1.54) is 11.3 Å². The molecular formula is C22H25N5O. The Labute approximate surface area is 165 Å². The Hall–Kier alpha value is -2.94. The number of hydrogen-bond acceptors (Lipinski definition) is 4. The quantitative estimate of drug-likeness (QED) is 0.664. The summed E-state index contributed by atoms with van der Waals surface area (Å²) < 4.78 is 2.24. The number of carbonyl (C=O) groups excluding carboxylic acids is 1. The predicted molar refractivity (Wildman–Crippen MR) is 106 cm³/mol. The zero-order valence-electron chi connectivity index (χ0n) is 16.0. The Morgan fingerprint density at radius 3 is 2.79 bits per heavy atom. The number of imidazole rings is 1. The molecule has 28 heavy (non-hydrogen) atoms. The van der Waals surface area contributed by atoms with Gasteiger partial charge in [0, 0.05) is 50.9 Å². The molecule has 3 heterocycles. The Kier molecular flexibility index (Phi) is 5.25. The summed E-state index contributed by atoms with van der Waals surface area (Å²) in [7, 11) is 0. The van der Waals surface area contributed by atoms with Crippen molar-refractivity contribution in [2.24, 2.45) is 10.2 Å². The SMILES string of the molecule is C#CCCC1(CCC(=O)N2CCc3c(ncn3CCc3ccccc3)C2)N=N1. The van der Waals surface area contributed by atoms with Crippen LogP contribution in [0, 0.1) is 12.3 Å². The molecular weight excluding hydrogens is 350 g/mol. The number of amides is 1. The number of rotatable bonds is 8. The molecule has 0 bridgehead atoms. The van der Waals surface area contributed by atoms with Crippen LogP contribution in [0.5, 0.6) is 0 Å². The molecule has 6 nitrogen and oxygen atoms in total. The van der Waals surface area contributed by atoms with Crippen LogP contribution in [0.3, 0.4) is 0 Å². The minimum absolute atomic E-state index is 0.155. The summed E-state index contributed by atoms with van der Waals surface area (Å²) in [5.74, 6) is 2.78. The van der Waals surface area contributed by atoms with Crippen molar-refractivity contribution in [2.75, 3.05) is 6.54 Å². The average molecular weight is 375 g/mol. The third-order valence-electron chi connectivity index (χ3n) is 5.62. The van der Waals surface area contributed by atoms with Crippen molar-refractivity contribution in [1.29, 1.82) is 0 Å². The van der Waals surface area contributed by atoms with Crippen LogP contribution in [0.2, 0.25) is 0 Å². The molecule has 1 aromatic heterocycles. The van der Waals surface area contributed by atoms with Crippen molar-refractivity contribution in [3.8, 4) is 12.3 Å². The molecule has 2 aliphatic rings. The maximum absolute atomic E-state index is 12.6. The number of fused-ring (bicyclic) bond motifs is 1. The van der Waals surface area contributed by atoms with Gasteiger partial charge in [0.25, 0.3) is 0 Å². The molecule has 2 aliphatic heterocycles. The summed E-state index contributed by atoms with van der Waals surface area (Å²) in [6.07, 6.45) is 11.6. The fourth-order valence-corrected chi connectivity index (χ4v) is 3.80. The highest BCUT2D eigenvalue weighted by molar-refractivity contribution is 5.76. The molecule has 2 aromatic rings. The molecule has 6 heteroatoms. The van der Waals surface area contributed by atoms with E-state index < -0.39 is 0 Å². The van der Waals surface area contributed by atoms with Crippen molar-refractivity contribution in [2.45, 2.75) is 57.3 Å². The van der Waals surface area contributed by atoms with Gasteiger partial charge < -0.3 is 9.47 Å². The molecule has 0 atom stereocenters. The van der Waals surface area contributed by atoms with Crippen molar-refractivity contribution < 1.29 is 4.79 Å². The first-order valence-electron chi connectivity index (χ1n) is 9.91. The van der Waals surface area contributed by atoms with Crippen LogP contribution in [0.25, 0.3) is 0 Å². The highest BCUT2D eigenvalue weighted by Crippen LogP contribution is 2.37. The van der Waals surface area contributed by atoms with Gasteiger partial charge in [0.15, 0.2) is 5.66 Å². The number of terminal acetylenes is 1.